The lowest BCUT2D eigenvalue weighted by Gasteiger charge is -2.44. The van der Waals surface area contributed by atoms with Gasteiger partial charge in [0.2, 0.25) is 0 Å². The van der Waals surface area contributed by atoms with Crippen LogP contribution in [0, 0.1) is 5.41 Å². The van der Waals surface area contributed by atoms with Crippen LogP contribution < -0.4 is 4.74 Å². The van der Waals surface area contributed by atoms with Crippen LogP contribution in [0.4, 0.5) is 0 Å². The topological polar surface area (TPSA) is 181 Å². The molecule has 81 heavy (non-hydrogen) atoms. The molecule has 2 aromatic rings. The van der Waals surface area contributed by atoms with Crippen molar-refractivity contribution >= 4 is 29.1 Å². The Hall–Kier alpha value is -2.24. The minimum atomic E-state index is -2.97. The molecule has 12 nitrogen and oxygen atoms in total. The van der Waals surface area contributed by atoms with E-state index in [1.807, 2.05) is 107 Å². The first-order chi connectivity index (χ1) is 38.1. The average molecular weight is 1180 g/mol. The van der Waals surface area contributed by atoms with Gasteiger partial charge >= 0.3 is 29.1 Å². The zero-order valence-corrected chi connectivity index (χ0v) is 55.5. The fraction of sp³-hybridized carbons (Fsp3) is 0.791. The number of benzene rings is 2. The van der Waals surface area contributed by atoms with E-state index in [1.54, 1.807) is 0 Å². The molecule has 0 bridgehead atoms. The van der Waals surface area contributed by atoms with Gasteiger partial charge in [-0.25, -0.2) is 9.59 Å². The van der Waals surface area contributed by atoms with Crippen LogP contribution in [-0.2, 0) is 40.2 Å². The normalized spacial score (nSPS) is 13.1. The smallest absolute Gasteiger partial charge is 0.338 e. The molecular formula is C67H118O12P2. The van der Waals surface area contributed by atoms with E-state index in [-0.39, 0.29) is 6.61 Å². The van der Waals surface area contributed by atoms with Crippen LogP contribution >= 0.6 is 17.2 Å². The number of hydrogen-bond donors (Lipinski definition) is 5. The standard InChI is InChI=1S/C67H118O12P2/c1-15-17-19-21-23-25-27-29-31-33-35-37-39-41-43-75-61(69)52-45-54(63(3,4)5)58(55(46-52)64(6,7)8)60(67(49-68,50-77-80(71)72)51-78-81(73)74)79-59-56(65(9,10)11)47-53(48-57(59)66(12,13)14)62(70)76-44-42-40-38-36-34-32-30-28-26-24-22-20-18-16-2/h45-48,60,68,71-74H,15-44,49-51H2,1-14H3. The summed E-state index contributed by atoms with van der Waals surface area (Å²) in [5, 5.41) is 11.8. The number of aliphatic hydroxyl groups is 1. The minimum absolute atomic E-state index is 0.285. The zero-order chi connectivity index (χ0) is 60.7. The van der Waals surface area contributed by atoms with E-state index in [4.69, 9.17) is 23.3 Å². The summed E-state index contributed by atoms with van der Waals surface area (Å²) >= 11 is 0. The quantitative estimate of drug-likeness (QED) is 0.0241. The van der Waals surface area contributed by atoms with Crippen LogP contribution in [-0.4, -0.2) is 69.7 Å². The molecule has 0 saturated heterocycles. The second-order valence-corrected chi connectivity index (χ2v) is 28.9. The molecule has 0 fully saturated rings. The van der Waals surface area contributed by atoms with Crippen molar-refractivity contribution in [2.24, 2.45) is 5.41 Å². The van der Waals surface area contributed by atoms with E-state index >= 15 is 0 Å². The maximum absolute atomic E-state index is 14.2. The molecule has 0 spiro atoms. The van der Waals surface area contributed by atoms with Gasteiger partial charge in [-0.05, 0) is 69.9 Å². The van der Waals surface area contributed by atoms with Crippen LogP contribution in [0.3, 0.4) is 0 Å². The Morgan fingerprint density at radius 2 is 0.679 bits per heavy atom. The Balaban J connectivity index is 2.61. The largest absolute Gasteiger partial charge is 0.484 e. The molecule has 14 heteroatoms. The molecule has 2 aromatic carbocycles. The molecule has 1 atom stereocenters. The van der Waals surface area contributed by atoms with Crippen LogP contribution in [0.5, 0.6) is 5.75 Å². The summed E-state index contributed by atoms with van der Waals surface area (Å²) in [4.78, 5) is 69.6. The summed E-state index contributed by atoms with van der Waals surface area (Å²) in [5.74, 6) is -0.479. The van der Waals surface area contributed by atoms with Crippen molar-refractivity contribution in [2.75, 3.05) is 33.0 Å². The van der Waals surface area contributed by atoms with E-state index in [0.29, 0.717) is 51.3 Å². The molecule has 0 heterocycles. The molecule has 0 aliphatic rings. The number of ether oxygens (including phenoxy) is 3. The third-order valence-electron chi connectivity index (χ3n) is 15.7. The monoisotopic (exact) mass is 1180 g/mol. The van der Waals surface area contributed by atoms with Gasteiger partial charge in [0.05, 0.1) is 49.6 Å². The van der Waals surface area contributed by atoms with Crippen molar-refractivity contribution in [3.63, 3.8) is 0 Å². The molecule has 0 aromatic heterocycles. The van der Waals surface area contributed by atoms with Crippen molar-refractivity contribution < 1.29 is 57.5 Å². The lowest BCUT2D eigenvalue weighted by Crippen LogP contribution is -2.46. The van der Waals surface area contributed by atoms with Crippen molar-refractivity contribution in [2.45, 2.75) is 304 Å². The number of carbonyl (C=O) groups excluding carboxylic acids is 2. The van der Waals surface area contributed by atoms with Crippen molar-refractivity contribution in [1.82, 2.24) is 0 Å². The maximum Gasteiger partial charge on any atom is 0.338 e. The number of hydrogen-bond acceptors (Lipinski definition) is 12. The third kappa shape index (κ3) is 28.7. The summed E-state index contributed by atoms with van der Waals surface area (Å²) in [7, 11) is -5.95. The molecular weight excluding hydrogens is 1060 g/mol. The highest BCUT2D eigenvalue weighted by molar-refractivity contribution is 7.39. The predicted octanol–water partition coefficient (Wildman–Crippen LogP) is 18.7. The highest BCUT2D eigenvalue weighted by Gasteiger charge is 2.49. The highest BCUT2D eigenvalue weighted by Crippen LogP contribution is 2.52. The van der Waals surface area contributed by atoms with Gasteiger partial charge < -0.3 is 47.9 Å². The van der Waals surface area contributed by atoms with Gasteiger partial charge in [0.15, 0.2) is 0 Å². The van der Waals surface area contributed by atoms with Crippen LogP contribution in [0.1, 0.15) is 331 Å². The first-order valence-corrected chi connectivity index (χ1v) is 34.1. The lowest BCUT2D eigenvalue weighted by atomic mass is 9.68. The molecule has 2 rings (SSSR count). The summed E-state index contributed by atoms with van der Waals surface area (Å²) in [6.45, 7) is 27.6. The van der Waals surface area contributed by atoms with Crippen molar-refractivity contribution in [3.05, 3.63) is 63.2 Å². The van der Waals surface area contributed by atoms with Crippen molar-refractivity contribution in [3.8, 4) is 5.75 Å². The summed E-state index contributed by atoms with van der Waals surface area (Å²) in [5.41, 5.74) is -0.384. The Labute approximate surface area is 496 Å². The van der Waals surface area contributed by atoms with E-state index in [1.165, 1.54) is 141 Å². The Bertz CT molecular complexity index is 1960. The van der Waals surface area contributed by atoms with E-state index < -0.39 is 82.1 Å². The Morgan fingerprint density at radius 3 is 0.926 bits per heavy atom. The fourth-order valence-electron chi connectivity index (χ4n) is 10.7. The zero-order valence-electron chi connectivity index (χ0n) is 53.7. The molecule has 0 amide bonds. The molecule has 1 unspecified atom stereocenters. The summed E-state index contributed by atoms with van der Waals surface area (Å²) in [6.07, 6.45) is 33.1. The van der Waals surface area contributed by atoms with E-state index in [9.17, 15) is 34.3 Å². The number of unbranched alkanes of at least 4 members (excludes halogenated alkanes) is 26. The minimum Gasteiger partial charge on any atom is -0.484 e. The van der Waals surface area contributed by atoms with Crippen molar-refractivity contribution in [1.29, 1.82) is 0 Å². The summed E-state index contributed by atoms with van der Waals surface area (Å²) < 4.78 is 30.8. The van der Waals surface area contributed by atoms with Gasteiger partial charge in [-0.2, -0.15) is 0 Å². The first kappa shape index (κ1) is 74.9. The van der Waals surface area contributed by atoms with Crippen LogP contribution in [0.25, 0.3) is 0 Å². The fourth-order valence-corrected chi connectivity index (χ4v) is 11.5. The van der Waals surface area contributed by atoms with Gasteiger partial charge in [0.25, 0.3) is 0 Å². The number of carbonyl (C=O) groups is 2. The molecule has 0 aliphatic carbocycles. The third-order valence-corrected chi connectivity index (χ3v) is 16.5. The van der Waals surface area contributed by atoms with Gasteiger partial charge in [0, 0.05) is 16.7 Å². The van der Waals surface area contributed by atoms with Gasteiger partial charge in [-0.1, -0.05) is 264 Å². The van der Waals surface area contributed by atoms with Gasteiger partial charge in [-0.3, -0.25) is 0 Å². The highest BCUT2D eigenvalue weighted by atomic mass is 31.2. The number of rotatable bonds is 43. The maximum atomic E-state index is 14.2. The number of aliphatic hydroxyl groups excluding tert-OH is 1. The molecule has 468 valence electrons. The molecule has 0 aliphatic heterocycles. The summed E-state index contributed by atoms with van der Waals surface area (Å²) in [6, 6.07) is 7.27. The van der Waals surface area contributed by atoms with E-state index in [0.717, 1.165) is 38.5 Å². The van der Waals surface area contributed by atoms with Gasteiger partial charge in [0.1, 0.15) is 11.9 Å². The Kier molecular flexibility index (Phi) is 35.8. The number of esters is 2. The lowest BCUT2D eigenvalue weighted by molar-refractivity contribution is -0.0674. The first-order valence-electron chi connectivity index (χ1n) is 31.8. The Morgan fingerprint density at radius 1 is 0.420 bits per heavy atom. The average Bonchev–Trinajstić information content (AvgIpc) is 3.38. The molecule has 0 saturated carbocycles. The van der Waals surface area contributed by atoms with Crippen LogP contribution in [0.2, 0.25) is 0 Å². The van der Waals surface area contributed by atoms with E-state index in [2.05, 4.69) is 13.8 Å². The second kappa shape index (κ2) is 38.7. The SMILES string of the molecule is CCCCCCCCCCCCCCCCOC(=O)c1cc(C(C)(C)C)c(OC(c2c(C(C)(C)C)cc(C(=O)OCCCCCCCCCCCCCCCC)cc2C(C)(C)C)C(CO)(COP(O)O)COP(O)O)c(C(C)(C)C)c1. The molecule has 0 radical (unpaired) electrons. The van der Waals surface area contributed by atoms with Crippen LogP contribution in [0.15, 0.2) is 24.3 Å². The second-order valence-electron chi connectivity index (χ2n) is 27.4. The molecule has 5 N–H and O–H groups in total. The predicted molar refractivity (Wildman–Crippen MR) is 336 cm³/mol. The van der Waals surface area contributed by atoms with Gasteiger partial charge in [-0.15, -0.1) is 0 Å².